The van der Waals surface area contributed by atoms with E-state index in [1.807, 2.05) is 14.1 Å². The summed E-state index contributed by atoms with van der Waals surface area (Å²) in [6, 6.07) is 0. The Kier molecular flexibility index (Phi) is 16.3. The number of carbonyl (C=O) groups excluding carboxylic acids is 1. The lowest BCUT2D eigenvalue weighted by Crippen LogP contribution is -2.45. The van der Waals surface area contributed by atoms with Gasteiger partial charge in [-0.3, -0.25) is 4.79 Å². The van der Waals surface area contributed by atoms with Crippen LogP contribution in [0.5, 0.6) is 0 Å². The summed E-state index contributed by atoms with van der Waals surface area (Å²) in [5, 5.41) is 11.8. The highest BCUT2D eigenvalue weighted by Crippen LogP contribution is 2.12. The molecule has 5 heteroatoms. The molecule has 1 amide bonds. The van der Waals surface area contributed by atoms with E-state index in [2.05, 4.69) is 12.2 Å². The molecule has 0 fully saturated rings. The van der Waals surface area contributed by atoms with E-state index in [1.54, 1.807) is 0 Å². The van der Waals surface area contributed by atoms with Crippen molar-refractivity contribution in [2.24, 2.45) is 0 Å². The number of hydrogen-bond acceptors (Lipinski definition) is 2. The molecule has 0 saturated carbocycles. The highest BCUT2D eigenvalue weighted by molar-refractivity contribution is 5.75. The van der Waals surface area contributed by atoms with E-state index < -0.39 is 5.97 Å². The minimum atomic E-state index is -0.781. The van der Waals surface area contributed by atoms with Gasteiger partial charge in [-0.25, -0.2) is 4.79 Å². The number of likely N-dealkylation sites (N-methyl/N-ethyl adjacent to an activating group) is 1. The molecule has 0 saturated heterocycles. The van der Waals surface area contributed by atoms with Crippen molar-refractivity contribution in [2.45, 2.75) is 96.8 Å². The first kappa shape index (κ1) is 25.9. The van der Waals surface area contributed by atoms with Crippen LogP contribution in [0.15, 0.2) is 0 Å². The molecule has 160 valence electrons. The zero-order valence-electron chi connectivity index (χ0n) is 18.2. The highest BCUT2D eigenvalue weighted by atomic mass is 16.4. The zero-order valence-corrected chi connectivity index (χ0v) is 18.2. The molecule has 0 aromatic carbocycles. The van der Waals surface area contributed by atoms with E-state index in [-0.39, 0.29) is 12.5 Å². The van der Waals surface area contributed by atoms with Gasteiger partial charge < -0.3 is 14.9 Å². The van der Waals surface area contributed by atoms with Crippen LogP contribution in [0.1, 0.15) is 96.8 Å². The SMILES string of the molecule is CCCCCCCCCCCCCCC(=O)NCCC[N+](C)(C)CC(=O)O. The Labute approximate surface area is 167 Å². The van der Waals surface area contributed by atoms with Crippen LogP contribution >= 0.6 is 0 Å². The Morgan fingerprint density at radius 2 is 1.26 bits per heavy atom. The van der Waals surface area contributed by atoms with Crippen molar-refractivity contribution in [3.8, 4) is 0 Å². The van der Waals surface area contributed by atoms with Crippen molar-refractivity contribution < 1.29 is 19.2 Å². The Morgan fingerprint density at radius 1 is 0.778 bits per heavy atom. The van der Waals surface area contributed by atoms with E-state index >= 15 is 0 Å². The second kappa shape index (κ2) is 17.0. The van der Waals surface area contributed by atoms with Gasteiger partial charge in [-0.15, -0.1) is 0 Å². The van der Waals surface area contributed by atoms with Crippen LogP contribution in [0.25, 0.3) is 0 Å². The number of hydrogen-bond donors (Lipinski definition) is 2. The van der Waals surface area contributed by atoms with Gasteiger partial charge in [0.2, 0.25) is 5.91 Å². The molecule has 27 heavy (non-hydrogen) atoms. The number of amides is 1. The van der Waals surface area contributed by atoms with Crippen LogP contribution in [0.2, 0.25) is 0 Å². The molecule has 0 radical (unpaired) electrons. The number of rotatable bonds is 19. The number of nitrogens with zero attached hydrogens (tertiary/aromatic N) is 1. The van der Waals surface area contributed by atoms with Crippen molar-refractivity contribution in [3.63, 3.8) is 0 Å². The fourth-order valence-electron chi connectivity index (χ4n) is 3.40. The molecule has 2 N–H and O–H groups in total. The van der Waals surface area contributed by atoms with Gasteiger partial charge in [0.25, 0.3) is 0 Å². The third kappa shape index (κ3) is 19.5. The van der Waals surface area contributed by atoms with Crippen LogP contribution in [0.3, 0.4) is 0 Å². The minimum Gasteiger partial charge on any atom is -0.477 e. The monoisotopic (exact) mass is 385 g/mol. The summed E-state index contributed by atoms with van der Waals surface area (Å²) in [6.07, 6.45) is 17.1. The van der Waals surface area contributed by atoms with E-state index in [0.29, 0.717) is 17.4 Å². The number of aliphatic carboxylic acids is 1. The molecule has 0 aliphatic carbocycles. The summed E-state index contributed by atoms with van der Waals surface area (Å²) in [5.41, 5.74) is 0. The molecule has 0 atom stereocenters. The number of carbonyl (C=O) groups is 2. The van der Waals surface area contributed by atoms with Crippen molar-refractivity contribution in [2.75, 3.05) is 33.7 Å². The van der Waals surface area contributed by atoms with Gasteiger partial charge >= 0.3 is 5.97 Å². The molecule has 0 rings (SSSR count). The quantitative estimate of drug-likeness (QED) is 0.249. The molecule has 5 nitrogen and oxygen atoms in total. The second-order valence-electron chi connectivity index (χ2n) is 8.55. The van der Waals surface area contributed by atoms with Crippen molar-refractivity contribution in [1.29, 1.82) is 0 Å². The van der Waals surface area contributed by atoms with Gasteiger partial charge in [0.15, 0.2) is 6.54 Å². The van der Waals surface area contributed by atoms with Gasteiger partial charge in [-0.1, -0.05) is 77.6 Å². The van der Waals surface area contributed by atoms with Crippen LogP contribution in [0, 0.1) is 0 Å². The Hall–Kier alpha value is -1.10. The smallest absolute Gasteiger partial charge is 0.359 e. The number of unbranched alkanes of at least 4 members (excludes halogenated alkanes) is 11. The lowest BCUT2D eigenvalue weighted by Gasteiger charge is -2.27. The number of carboxylic acid groups (broad SMARTS) is 1. The molecule has 0 unspecified atom stereocenters. The fraction of sp³-hybridized carbons (Fsp3) is 0.909. The third-order valence-electron chi connectivity index (χ3n) is 5.08. The highest BCUT2D eigenvalue weighted by Gasteiger charge is 2.18. The minimum absolute atomic E-state index is 0.118. The maximum Gasteiger partial charge on any atom is 0.359 e. The van der Waals surface area contributed by atoms with E-state index in [4.69, 9.17) is 5.11 Å². The number of quaternary nitrogens is 1. The lowest BCUT2D eigenvalue weighted by molar-refractivity contribution is -0.883. The van der Waals surface area contributed by atoms with Gasteiger partial charge in [0.05, 0.1) is 20.6 Å². The van der Waals surface area contributed by atoms with Gasteiger partial charge in [-0.2, -0.15) is 0 Å². The molecule has 0 aliphatic heterocycles. The van der Waals surface area contributed by atoms with E-state index in [1.165, 1.54) is 64.2 Å². The number of nitrogens with one attached hydrogen (secondary N) is 1. The maximum atomic E-state index is 11.8. The topological polar surface area (TPSA) is 66.4 Å². The first-order valence-corrected chi connectivity index (χ1v) is 11.2. The van der Waals surface area contributed by atoms with Gasteiger partial charge in [-0.05, 0) is 6.42 Å². The Bertz CT molecular complexity index is 384. The second-order valence-corrected chi connectivity index (χ2v) is 8.55. The van der Waals surface area contributed by atoms with E-state index in [0.717, 1.165) is 25.8 Å². The molecule has 0 spiro atoms. The summed E-state index contributed by atoms with van der Waals surface area (Å²) in [4.78, 5) is 22.6. The normalized spacial score (nSPS) is 11.5. The summed E-state index contributed by atoms with van der Waals surface area (Å²) in [5.74, 6) is -0.651. The maximum absolute atomic E-state index is 11.8. The van der Waals surface area contributed by atoms with Crippen LogP contribution in [0.4, 0.5) is 0 Å². The average Bonchev–Trinajstić information content (AvgIpc) is 2.58. The Balaban J connectivity index is 3.36. The zero-order chi connectivity index (χ0) is 20.4. The Morgan fingerprint density at radius 3 is 1.74 bits per heavy atom. The lowest BCUT2D eigenvalue weighted by atomic mass is 10.0. The third-order valence-corrected chi connectivity index (χ3v) is 5.08. The molecule has 0 aliphatic rings. The van der Waals surface area contributed by atoms with E-state index in [9.17, 15) is 9.59 Å². The van der Waals surface area contributed by atoms with Crippen molar-refractivity contribution >= 4 is 11.9 Å². The standard InChI is InChI=1S/C22H44N2O3/c1-4-5-6-7-8-9-10-11-12-13-14-15-17-21(25)23-18-16-19-24(2,3)20-22(26)27/h4-20H2,1-3H3,(H-,23,25,26,27)/p+1. The van der Waals surface area contributed by atoms with Gasteiger partial charge in [0, 0.05) is 19.4 Å². The van der Waals surface area contributed by atoms with Crippen LogP contribution < -0.4 is 5.32 Å². The average molecular weight is 386 g/mol. The fourth-order valence-corrected chi connectivity index (χ4v) is 3.40. The summed E-state index contributed by atoms with van der Waals surface area (Å²) >= 11 is 0. The van der Waals surface area contributed by atoms with Gasteiger partial charge in [0.1, 0.15) is 0 Å². The first-order valence-electron chi connectivity index (χ1n) is 11.2. The predicted molar refractivity (Wildman–Crippen MR) is 113 cm³/mol. The molecule has 0 bridgehead atoms. The summed E-state index contributed by atoms with van der Waals surface area (Å²) in [7, 11) is 3.81. The summed E-state index contributed by atoms with van der Waals surface area (Å²) < 4.78 is 0.448. The predicted octanol–water partition coefficient (Wildman–Crippen LogP) is 4.74. The molecule has 0 aromatic heterocycles. The molecule has 0 heterocycles. The van der Waals surface area contributed by atoms with Crippen molar-refractivity contribution in [1.82, 2.24) is 5.32 Å². The van der Waals surface area contributed by atoms with Crippen LogP contribution in [-0.2, 0) is 9.59 Å². The van der Waals surface area contributed by atoms with Crippen molar-refractivity contribution in [3.05, 3.63) is 0 Å². The molecule has 0 aromatic rings. The molecular formula is C22H45N2O3+. The van der Waals surface area contributed by atoms with Crippen LogP contribution in [-0.4, -0.2) is 55.2 Å². The largest absolute Gasteiger partial charge is 0.477 e. The number of carboxylic acids is 1. The molecular weight excluding hydrogens is 340 g/mol. The first-order chi connectivity index (χ1) is 12.9. The summed E-state index contributed by atoms with van der Waals surface area (Å²) in [6.45, 7) is 3.77.